The van der Waals surface area contributed by atoms with E-state index in [4.69, 9.17) is 4.74 Å². The minimum absolute atomic E-state index is 0.0395. The summed E-state index contributed by atoms with van der Waals surface area (Å²) in [7, 11) is 0. The minimum Gasteiger partial charge on any atom is -0.460 e. The van der Waals surface area contributed by atoms with E-state index < -0.39 is 0 Å². The summed E-state index contributed by atoms with van der Waals surface area (Å²) in [6.07, 6.45) is 15.1. The first-order chi connectivity index (χ1) is 8.88. The van der Waals surface area contributed by atoms with Gasteiger partial charge in [0.05, 0.1) is 5.41 Å². The Morgan fingerprint density at radius 2 is 2.00 bits per heavy atom. The monoisotopic (exact) mass is 234 g/mol. The number of rotatable bonds is 0. The fraction of sp³-hybridized carbons (Fsp3) is 0.176. The molecule has 0 amide bonds. The molecular formula is C17H14O. The zero-order valence-corrected chi connectivity index (χ0v) is 10.1. The number of para-hydroxylation sites is 1. The third-order valence-corrected chi connectivity index (χ3v) is 4.11. The van der Waals surface area contributed by atoms with Crippen LogP contribution >= 0.6 is 0 Å². The van der Waals surface area contributed by atoms with Crippen molar-refractivity contribution >= 4 is 0 Å². The molecule has 18 heavy (non-hydrogen) atoms. The Morgan fingerprint density at radius 3 is 3.00 bits per heavy atom. The van der Waals surface area contributed by atoms with Gasteiger partial charge in [0.15, 0.2) is 0 Å². The average molecular weight is 234 g/mol. The highest BCUT2D eigenvalue weighted by Gasteiger charge is 2.43. The SMILES string of the molecule is C1=CCC23Cc4ccccc4OC2=CC=CC3=C1. The molecule has 0 N–H and O–H groups in total. The molecule has 1 unspecified atom stereocenters. The molecule has 0 bridgehead atoms. The highest BCUT2D eigenvalue weighted by molar-refractivity contribution is 5.52. The number of benzene rings is 1. The van der Waals surface area contributed by atoms with Gasteiger partial charge in [0.2, 0.25) is 0 Å². The van der Waals surface area contributed by atoms with Crippen molar-refractivity contribution in [1.82, 2.24) is 0 Å². The van der Waals surface area contributed by atoms with Crippen LogP contribution in [0.2, 0.25) is 0 Å². The lowest BCUT2D eigenvalue weighted by Gasteiger charge is -2.42. The molecule has 1 nitrogen and oxygen atoms in total. The van der Waals surface area contributed by atoms with Gasteiger partial charge < -0.3 is 4.74 Å². The van der Waals surface area contributed by atoms with Crippen LogP contribution in [0.1, 0.15) is 12.0 Å². The van der Waals surface area contributed by atoms with Crippen LogP contribution < -0.4 is 4.74 Å². The molecule has 1 spiro atoms. The van der Waals surface area contributed by atoms with Crippen LogP contribution in [0.5, 0.6) is 5.75 Å². The number of allylic oxidation sites excluding steroid dienone is 7. The molecule has 3 aliphatic rings. The summed E-state index contributed by atoms with van der Waals surface area (Å²) >= 11 is 0. The number of fused-ring (bicyclic) bond motifs is 1. The van der Waals surface area contributed by atoms with E-state index in [0.29, 0.717) is 0 Å². The Balaban J connectivity index is 1.91. The van der Waals surface area contributed by atoms with Gasteiger partial charge >= 0.3 is 0 Å². The van der Waals surface area contributed by atoms with Gasteiger partial charge in [-0.1, -0.05) is 48.6 Å². The van der Waals surface area contributed by atoms with Crippen LogP contribution in [0.3, 0.4) is 0 Å². The molecule has 0 aromatic heterocycles. The van der Waals surface area contributed by atoms with E-state index in [0.717, 1.165) is 24.4 Å². The maximum Gasteiger partial charge on any atom is 0.130 e. The lowest BCUT2D eigenvalue weighted by Crippen LogP contribution is -2.36. The number of hydrogen-bond acceptors (Lipinski definition) is 1. The van der Waals surface area contributed by atoms with Crippen molar-refractivity contribution < 1.29 is 4.74 Å². The van der Waals surface area contributed by atoms with Crippen molar-refractivity contribution in [3.05, 3.63) is 77.6 Å². The lowest BCUT2D eigenvalue weighted by atomic mass is 9.66. The van der Waals surface area contributed by atoms with Gasteiger partial charge in [-0.2, -0.15) is 0 Å². The molecule has 1 aromatic rings. The molecule has 1 heteroatoms. The Bertz CT molecular complexity index is 631. The van der Waals surface area contributed by atoms with Crippen LogP contribution in [-0.2, 0) is 6.42 Å². The molecule has 1 aliphatic heterocycles. The summed E-state index contributed by atoms with van der Waals surface area (Å²) in [5.41, 5.74) is 2.72. The van der Waals surface area contributed by atoms with Crippen molar-refractivity contribution in [2.75, 3.05) is 0 Å². The first-order valence-corrected chi connectivity index (χ1v) is 6.40. The number of ether oxygens (including phenoxy) is 1. The standard InChI is InChI=1S/C17H14O/c1-2-9-15-13(6-1)12-17-11-4-3-7-14(17)8-5-10-16(17)18-15/h1-10H,11-12H2. The first kappa shape index (κ1) is 9.95. The van der Waals surface area contributed by atoms with Crippen LogP contribution in [0.15, 0.2) is 72.1 Å². The predicted molar refractivity (Wildman–Crippen MR) is 72.3 cm³/mol. The Hall–Kier alpha value is -2.02. The summed E-state index contributed by atoms with van der Waals surface area (Å²) < 4.78 is 6.13. The molecule has 1 atom stereocenters. The van der Waals surface area contributed by atoms with Crippen molar-refractivity contribution in [3.8, 4) is 5.75 Å². The summed E-state index contributed by atoms with van der Waals surface area (Å²) in [4.78, 5) is 0. The fourth-order valence-corrected chi connectivity index (χ4v) is 3.16. The van der Waals surface area contributed by atoms with E-state index >= 15 is 0 Å². The van der Waals surface area contributed by atoms with E-state index in [2.05, 4.69) is 54.7 Å². The van der Waals surface area contributed by atoms with E-state index in [-0.39, 0.29) is 5.41 Å². The molecule has 1 heterocycles. The fourth-order valence-electron chi connectivity index (χ4n) is 3.16. The number of hydrogen-bond donors (Lipinski definition) is 0. The van der Waals surface area contributed by atoms with Crippen LogP contribution in [0.4, 0.5) is 0 Å². The van der Waals surface area contributed by atoms with Gasteiger partial charge in [0.1, 0.15) is 11.5 Å². The first-order valence-electron chi connectivity index (χ1n) is 6.40. The summed E-state index contributed by atoms with van der Waals surface area (Å²) in [5.74, 6) is 2.11. The van der Waals surface area contributed by atoms with Crippen LogP contribution in [-0.4, -0.2) is 0 Å². The molecule has 4 rings (SSSR count). The Morgan fingerprint density at radius 1 is 1.06 bits per heavy atom. The van der Waals surface area contributed by atoms with Gasteiger partial charge in [-0.05, 0) is 36.1 Å². The second-order valence-electron chi connectivity index (χ2n) is 5.11. The lowest BCUT2D eigenvalue weighted by molar-refractivity contribution is 0.242. The molecule has 0 saturated carbocycles. The quantitative estimate of drug-likeness (QED) is 0.660. The molecule has 0 saturated heterocycles. The minimum atomic E-state index is 0.0395. The van der Waals surface area contributed by atoms with E-state index in [1.165, 1.54) is 11.1 Å². The topological polar surface area (TPSA) is 9.23 Å². The highest BCUT2D eigenvalue weighted by Crippen LogP contribution is 2.51. The summed E-state index contributed by atoms with van der Waals surface area (Å²) in [6.45, 7) is 0. The Labute approximate surface area is 107 Å². The summed E-state index contributed by atoms with van der Waals surface area (Å²) in [5, 5.41) is 0. The van der Waals surface area contributed by atoms with Crippen molar-refractivity contribution in [1.29, 1.82) is 0 Å². The maximum absolute atomic E-state index is 6.13. The van der Waals surface area contributed by atoms with Crippen LogP contribution in [0, 0.1) is 5.41 Å². The van der Waals surface area contributed by atoms with Crippen molar-refractivity contribution in [3.63, 3.8) is 0 Å². The van der Waals surface area contributed by atoms with Gasteiger partial charge in [-0.3, -0.25) is 0 Å². The zero-order chi connectivity index (χ0) is 12.0. The average Bonchev–Trinajstić information content (AvgIpc) is 2.43. The maximum atomic E-state index is 6.13. The molecule has 1 aromatic carbocycles. The van der Waals surface area contributed by atoms with Crippen molar-refractivity contribution in [2.24, 2.45) is 5.41 Å². The normalized spacial score (nSPS) is 27.3. The molecule has 0 fully saturated rings. The smallest absolute Gasteiger partial charge is 0.130 e. The molecular weight excluding hydrogens is 220 g/mol. The third-order valence-electron chi connectivity index (χ3n) is 4.11. The van der Waals surface area contributed by atoms with Crippen LogP contribution in [0.25, 0.3) is 0 Å². The van der Waals surface area contributed by atoms with Gasteiger partial charge in [0, 0.05) is 0 Å². The van der Waals surface area contributed by atoms with E-state index in [1.807, 2.05) is 6.07 Å². The third kappa shape index (κ3) is 1.22. The Kier molecular flexibility index (Phi) is 1.93. The van der Waals surface area contributed by atoms with E-state index in [1.54, 1.807) is 0 Å². The molecule has 0 radical (unpaired) electrons. The second-order valence-corrected chi connectivity index (χ2v) is 5.11. The van der Waals surface area contributed by atoms with Gasteiger partial charge in [0.25, 0.3) is 0 Å². The summed E-state index contributed by atoms with van der Waals surface area (Å²) in [6, 6.07) is 8.36. The predicted octanol–water partition coefficient (Wildman–Crippen LogP) is 3.95. The molecule has 2 aliphatic carbocycles. The molecule has 88 valence electrons. The van der Waals surface area contributed by atoms with Crippen molar-refractivity contribution in [2.45, 2.75) is 12.8 Å². The highest BCUT2D eigenvalue weighted by atomic mass is 16.5. The van der Waals surface area contributed by atoms with Gasteiger partial charge in [-0.15, -0.1) is 0 Å². The van der Waals surface area contributed by atoms with Gasteiger partial charge in [-0.25, -0.2) is 0 Å². The largest absolute Gasteiger partial charge is 0.460 e. The zero-order valence-electron chi connectivity index (χ0n) is 10.1. The second kappa shape index (κ2) is 3.49. The van der Waals surface area contributed by atoms with E-state index in [9.17, 15) is 0 Å².